The van der Waals surface area contributed by atoms with Gasteiger partial charge >= 0.3 is 5.69 Å². The summed E-state index contributed by atoms with van der Waals surface area (Å²) in [5, 5.41) is 20.6. The average Bonchev–Trinajstić information content (AvgIpc) is 2.36. The standard InChI is InChI=1S/C12H16ClN3O4/c1-12(2)7-15(5-8(6-17)20-12)11-9(16(18)19)3-4-10(13)14-11/h3-4,8,17H,5-7H2,1-2H3. The zero-order valence-corrected chi connectivity index (χ0v) is 12.0. The van der Waals surface area contributed by atoms with Crippen molar-refractivity contribution in [1.29, 1.82) is 0 Å². The molecule has 0 amide bonds. The van der Waals surface area contributed by atoms with Gasteiger partial charge in [-0.15, -0.1) is 0 Å². The van der Waals surface area contributed by atoms with Gasteiger partial charge in [0.2, 0.25) is 5.82 Å². The molecule has 1 atom stereocenters. The van der Waals surface area contributed by atoms with Crippen LogP contribution in [0.3, 0.4) is 0 Å². The van der Waals surface area contributed by atoms with E-state index in [-0.39, 0.29) is 23.3 Å². The first-order valence-corrected chi connectivity index (χ1v) is 6.55. The summed E-state index contributed by atoms with van der Waals surface area (Å²) in [7, 11) is 0. The van der Waals surface area contributed by atoms with E-state index in [1.807, 2.05) is 13.8 Å². The van der Waals surface area contributed by atoms with Crippen LogP contribution in [0.25, 0.3) is 0 Å². The van der Waals surface area contributed by atoms with E-state index in [1.54, 1.807) is 4.90 Å². The number of aliphatic hydroxyl groups is 1. The van der Waals surface area contributed by atoms with Crippen molar-refractivity contribution < 1.29 is 14.8 Å². The van der Waals surface area contributed by atoms with Gasteiger partial charge in [0, 0.05) is 19.2 Å². The molecule has 0 aliphatic carbocycles. The van der Waals surface area contributed by atoms with Gasteiger partial charge in [0.05, 0.1) is 23.2 Å². The highest BCUT2D eigenvalue weighted by Gasteiger charge is 2.36. The number of nitro groups is 1. The molecule has 1 aromatic heterocycles. The van der Waals surface area contributed by atoms with Crippen molar-refractivity contribution in [3.05, 3.63) is 27.4 Å². The van der Waals surface area contributed by atoms with E-state index in [2.05, 4.69) is 4.98 Å². The third-order valence-electron chi connectivity index (χ3n) is 3.00. The van der Waals surface area contributed by atoms with Crippen LogP contribution in [0, 0.1) is 10.1 Å². The Kier molecular flexibility index (Phi) is 4.12. The Morgan fingerprint density at radius 3 is 2.95 bits per heavy atom. The van der Waals surface area contributed by atoms with Crippen LogP contribution in [0.4, 0.5) is 11.5 Å². The van der Waals surface area contributed by atoms with E-state index in [4.69, 9.17) is 16.3 Å². The maximum absolute atomic E-state index is 11.1. The number of anilines is 1. The average molecular weight is 302 g/mol. The van der Waals surface area contributed by atoms with Crippen molar-refractivity contribution in [2.75, 3.05) is 24.6 Å². The lowest BCUT2D eigenvalue weighted by Crippen LogP contribution is -2.54. The number of pyridine rings is 1. The molecule has 2 rings (SSSR count). The summed E-state index contributed by atoms with van der Waals surface area (Å²) in [5.41, 5.74) is -0.646. The van der Waals surface area contributed by atoms with Crippen molar-refractivity contribution in [3.63, 3.8) is 0 Å². The van der Waals surface area contributed by atoms with Gasteiger partial charge in [0.15, 0.2) is 0 Å². The van der Waals surface area contributed by atoms with Gasteiger partial charge in [-0.1, -0.05) is 11.6 Å². The minimum absolute atomic E-state index is 0.108. The molecule has 0 bridgehead atoms. The monoisotopic (exact) mass is 301 g/mol. The smallest absolute Gasteiger partial charge is 0.311 e. The van der Waals surface area contributed by atoms with Crippen LogP contribution in [0.15, 0.2) is 12.1 Å². The fourth-order valence-electron chi connectivity index (χ4n) is 2.35. The summed E-state index contributed by atoms with van der Waals surface area (Å²) in [4.78, 5) is 16.4. The third-order valence-corrected chi connectivity index (χ3v) is 3.21. The minimum atomic E-state index is -0.538. The van der Waals surface area contributed by atoms with Crippen LogP contribution in [-0.2, 0) is 4.74 Å². The molecule has 110 valence electrons. The molecule has 7 nitrogen and oxygen atoms in total. The van der Waals surface area contributed by atoms with Gasteiger partial charge in [-0.25, -0.2) is 4.98 Å². The van der Waals surface area contributed by atoms with Gasteiger partial charge in [-0.05, 0) is 19.9 Å². The van der Waals surface area contributed by atoms with Crippen LogP contribution >= 0.6 is 11.6 Å². The molecule has 1 aliphatic rings. The zero-order valence-electron chi connectivity index (χ0n) is 11.2. The number of halogens is 1. The number of morpholine rings is 1. The lowest BCUT2D eigenvalue weighted by Gasteiger charge is -2.42. The van der Waals surface area contributed by atoms with Gasteiger partial charge in [0.1, 0.15) is 5.15 Å². The molecule has 1 unspecified atom stereocenters. The van der Waals surface area contributed by atoms with E-state index in [0.29, 0.717) is 13.1 Å². The predicted octanol–water partition coefficient (Wildman–Crippen LogP) is 1.62. The van der Waals surface area contributed by atoms with Crippen molar-refractivity contribution in [3.8, 4) is 0 Å². The molecule has 20 heavy (non-hydrogen) atoms. The first-order chi connectivity index (χ1) is 9.32. The number of aliphatic hydroxyl groups excluding tert-OH is 1. The molecule has 2 heterocycles. The quantitative estimate of drug-likeness (QED) is 0.518. The van der Waals surface area contributed by atoms with Crippen LogP contribution in [0.1, 0.15) is 13.8 Å². The Balaban J connectivity index is 2.39. The minimum Gasteiger partial charge on any atom is -0.394 e. The molecular formula is C12H16ClN3O4. The molecule has 1 N–H and O–H groups in total. The van der Waals surface area contributed by atoms with Crippen LogP contribution in [-0.4, -0.2) is 46.4 Å². The van der Waals surface area contributed by atoms with Gasteiger partial charge in [0.25, 0.3) is 0 Å². The second-order valence-corrected chi connectivity index (χ2v) is 5.68. The molecule has 0 spiro atoms. The molecule has 1 aliphatic heterocycles. The summed E-state index contributed by atoms with van der Waals surface area (Å²) in [6, 6.07) is 2.72. The van der Waals surface area contributed by atoms with Crippen molar-refractivity contribution in [1.82, 2.24) is 4.98 Å². The van der Waals surface area contributed by atoms with E-state index in [0.717, 1.165) is 0 Å². The summed E-state index contributed by atoms with van der Waals surface area (Å²) < 4.78 is 5.68. The zero-order chi connectivity index (χ0) is 14.9. The lowest BCUT2D eigenvalue weighted by molar-refractivity contribution is -0.384. The maximum Gasteiger partial charge on any atom is 0.311 e. The molecule has 1 saturated heterocycles. The Bertz CT molecular complexity index is 523. The molecule has 0 aromatic carbocycles. The van der Waals surface area contributed by atoms with E-state index < -0.39 is 16.6 Å². The number of hydrogen-bond donors (Lipinski definition) is 1. The van der Waals surface area contributed by atoms with Crippen LogP contribution < -0.4 is 4.90 Å². The molecular weight excluding hydrogens is 286 g/mol. The SMILES string of the molecule is CC1(C)CN(c2nc(Cl)ccc2[N+](=O)[O-])CC(CO)O1. The molecule has 1 fully saturated rings. The van der Waals surface area contributed by atoms with Crippen molar-refractivity contribution in [2.24, 2.45) is 0 Å². The normalized spacial score (nSPS) is 21.8. The molecule has 1 aromatic rings. The van der Waals surface area contributed by atoms with Crippen LogP contribution in [0.5, 0.6) is 0 Å². The van der Waals surface area contributed by atoms with Gasteiger partial charge in [-0.2, -0.15) is 0 Å². The van der Waals surface area contributed by atoms with E-state index in [1.165, 1.54) is 12.1 Å². The second-order valence-electron chi connectivity index (χ2n) is 5.30. The fraction of sp³-hybridized carbons (Fsp3) is 0.583. The number of nitrogens with zero attached hydrogens (tertiary/aromatic N) is 3. The highest BCUT2D eigenvalue weighted by molar-refractivity contribution is 6.29. The Labute approximate surface area is 121 Å². The summed E-state index contributed by atoms with van der Waals surface area (Å²) in [6.07, 6.45) is -0.417. The Morgan fingerprint density at radius 2 is 2.35 bits per heavy atom. The molecule has 8 heteroatoms. The van der Waals surface area contributed by atoms with Gasteiger partial charge < -0.3 is 14.7 Å². The topological polar surface area (TPSA) is 88.7 Å². The third kappa shape index (κ3) is 3.17. The van der Waals surface area contributed by atoms with Crippen molar-refractivity contribution >= 4 is 23.1 Å². The summed E-state index contributed by atoms with van der Waals surface area (Å²) in [5.74, 6) is 0.206. The molecule has 0 saturated carbocycles. The van der Waals surface area contributed by atoms with Crippen molar-refractivity contribution in [2.45, 2.75) is 25.6 Å². The number of rotatable bonds is 3. The van der Waals surface area contributed by atoms with Crippen LogP contribution in [0.2, 0.25) is 5.15 Å². The fourth-order valence-corrected chi connectivity index (χ4v) is 2.49. The highest BCUT2D eigenvalue weighted by Crippen LogP contribution is 2.32. The highest BCUT2D eigenvalue weighted by atomic mass is 35.5. The van der Waals surface area contributed by atoms with Gasteiger partial charge in [-0.3, -0.25) is 10.1 Å². The number of ether oxygens (including phenoxy) is 1. The number of hydrogen-bond acceptors (Lipinski definition) is 6. The largest absolute Gasteiger partial charge is 0.394 e. The lowest BCUT2D eigenvalue weighted by atomic mass is 10.1. The first-order valence-electron chi connectivity index (χ1n) is 6.17. The maximum atomic E-state index is 11.1. The second kappa shape index (κ2) is 5.51. The number of aromatic nitrogens is 1. The Hall–Kier alpha value is -1.44. The first kappa shape index (κ1) is 15.0. The summed E-state index contributed by atoms with van der Waals surface area (Å²) >= 11 is 5.84. The molecule has 0 radical (unpaired) electrons. The summed E-state index contributed by atoms with van der Waals surface area (Å²) in [6.45, 7) is 4.32. The Morgan fingerprint density at radius 1 is 1.65 bits per heavy atom. The van der Waals surface area contributed by atoms with E-state index >= 15 is 0 Å². The predicted molar refractivity (Wildman–Crippen MR) is 74.2 cm³/mol. The van der Waals surface area contributed by atoms with E-state index in [9.17, 15) is 15.2 Å².